The molecule has 3 N–H and O–H groups in total. The van der Waals surface area contributed by atoms with E-state index in [-0.39, 0.29) is 31.7 Å². The van der Waals surface area contributed by atoms with Gasteiger partial charge in [-0.05, 0) is 57.3 Å². The molecule has 1 aliphatic heterocycles. The summed E-state index contributed by atoms with van der Waals surface area (Å²) in [5.74, 6) is -0.248. The van der Waals surface area contributed by atoms with Crippen molar-refractivity contribution in [3.05, 3.63) is 36.5 Å². The van der Waals surface area contributed by atoms with Crippen molar-refractivity contribution in [2.45, 2.75) is 174 Å². The summed E-state index contributed by atoms with van der Waals surface area (Å²) in [6.45, 7) is 4.52. The van der Waals surface area contributed by atoms with Crippen molar-refractivity contribution in [3.8, 4) is 0 Å². The molecule has 5 atom stereocenters. The number of hydrogen-bond donors (Lipinski definition) is 3. The molecule has 1 fully saturated rings. The van der Waals surface area contributed by atoms with E-state index < -0.39 is 51.8 Å². The summed E-state index contributed by atoms with van der Waals surface area (Å²) in [6, 6.07) is 0. The Hall–Kier alpha value is -1.85. The normalized spacial score (nSPS) is 18.4. The lowest BCUT2D eigenvalue weighted by molar-refractivity contribution is -0.161. The Kier molecular flexibility index (Phi) is 29.2. The Morgan fingerprint density at radius 3 is 2.04 bits per heavy atom. The van der Waals surface area contributed by atoms with Gasteiger partial charge in [0.15, 0.2) is 6.10 Å². The zero-order chi connectivity index (χ0) is 38.3. The number of phosphoric ester groups is 1. The number of rotatable bonds is 35. The average molecular weight is 759 g/mol. The maximum absolute atomic E-state index is 12.6. The number of ether oxygens (including phenoxy) is 3. The average Bonchev–Trinajstić information content (AvgIpc) is 3.87. The summed E-state index contributed by atoms with van der Waals surface area (Å²) < 4.78 is 38.4. The molecule has 0 aromatic carbocycles. The van der Waals surface area contributed by atoms with Gasteiger partial charge in [-0.25, -0.2) is 4.57 Å². The quantitative estimate of drug-likeness (QED) is 0.0186. The standard InChI is InChI=1S/C40H71O11P/c1-4-5-6-7-8-9-10-11-12-16-19-22-26-37-38(51-37)27-24-29-40(44)50-36(33-49-52(45,46)48-31-35(42)30-41)32-47-39(43)28-23-20-17-14-13-15-18-21-25-34(2)3/h8-9,11-12,19,22,34-38,41-42H,4-7,10,13-18,20-21,23-33H2,1-3H3,(H,45,46)/b9-8-,12-11-,22-19-/t35-,36+,37?,38?/m0/s1. The van der Waals surface area contributed by atoms with Gasteiger partial charge in [0.1, 0.15) is 12.7 Å². The predicted octanol–water partition coefficient (Wildman–Crippen LogP) is 8.84. The number of aliphatic hydroxyl groups excluding tert-OH is 2. The fraction of sp³-hybridized carbons (Fsp3) is 0.800. The first-order valence-corrected chi connectivity index (χ1v) is 21.4. The highest BCUT2D eigenvalue weighted by atomic mass is 31.2. The van der Waals surface area contributed by atoms with Gasteiger partial charge in [0.25, 0.3) is 0 Å². The van der Waals surface area contributed by atoms with Crippen LogP contribution in [-0.2, 0) is 37.4 Å². The number of carbonyl (C=O) groups excluding carboxylic acids is 2. The number of hydrogen-bond acceptors (Lipinski definition) is 10. The summed E-state index contributed by atoms with van der Waals surface area (Å²) >= 11 is 0. The SMILES string of the molecule is CCCCC/C=C\C/C=C\C/C=C\CC1OC1CCCC(=O)O[C@H](COC(=O)CCCCCCCCCCC(C)C)COP(=O)(O)OC[C@@H](O)CO. The van der Waals surface area contributed by atoms with Gasteiger partial charge in [-0.3, -0.25) is 18.6 Å². The summed E-state index contributed by atoms with van der Waals surface area (Å²) in [7, 11) is -4.64. The highest BCUT2D eigenvalue weighted by Gasteiger charge is 2.37. The van der Waals surface area contributed by atoms with Gasteiger partial charge >= 0.3 is 19.8 Å². The van der Waals surface area contributed by atoms with E-state index in [9.17, 15) is 24.2 Å². The van der Waals surface area contributed by atoms with Gasteiger partial charge in [0.05, 0.1) is 32.0 Å². The van der Waals surface area contributed by atoms with Crippen molar-refractivity contribution in [2.24, 2.45) is 5.92 Å². The summed E-state index contributed by atoms with van der Waals surface area (Å²) in [5, 5.41) is 18.3. The fourth-order valence-electron chi connectivity index (χ4n) is 5.44. The third-order valence-electron chi connectivity index (χ3n) is 8.65. The van der Waals surface area contributed by atoms with Crippen LogP contribution < -0.4 is 0 Å². The van der Waals surface area contributed by atoms with Crippen LogP contribution in [0.15, 0.2) is 36.5 Å². The van der Waals surface area contributed by atoms with Crippen molar-refractivity contribution >= 4 is 19.8 Å². The van der Waals surface area contributed by atoms with E-state index in [1.807, 2.05) is 0 Å². The number of carbonyl (C=O) groups is 2. The van der Waals surface area contributed by atoms with Gasteiger partial charge in [0.2, 0.25) is 0 Å². The molecular weight excluding hydrogens is 687 g/mol. The van der Waals surface area contributed by atoms with E-state index >= 15 is 0 Å². The predicted molar refractivity (Wildman–Crippen MR) is 205 cm³/mol. The number of epoxide rings is 1. The number of esters is 2. The van der Waals surface area contributed by atoms with Crippen LogP contribution in [0.5, 0.6) is 0 Å². The van der Waals surface area contributed by atoms with Crippen LogP contribution in [0.4, 0.5) is 0 Å². The molecule has 0 saturated carbocycles. The van der Waals surface area contributed by atoms with E-state index in [1.165, 1.54) is 51.4 Å². The van der Waals surface area contributed by atoms with Crippen LogP contribution in [-0.4, -0.2) is 77.9 Å². The monoisotopic (exact) mass is 758 g/mol. The maximum Gasteiger partial charge on any atom is 0.472 e. The van der Waals surface area contributed by atoms with Gasteiger partial charge in [-0.15, -0.1) is 0 Å². The van der Waals surface area contributed by atoms with Gasteiger partial charge in [0, 0.05) is 12.8 Å². The highest BCUT2D eigenvalue weighted by Crippen LogP contribution is 2.43. The van der Waals surface area contributed by atoms with Gasteiger partial charge < -0.3 is 29.3 Å². The molecule has 302 valence electrons. The number of phosphoric acid groups is 1. The smallest absolute Gasteiger partial charge is 0.462 e. The Morgan fingerprint density at radius 1 is 0.750 bits per heavy atom. The fourth-order valence-corrected chi connectivity index (χ4v) is 6.23. The molecule has 0 radical (unpaired) electrons. The van der Waals surface area contributed by atoms with Crippen molar-refractivity contribution in [1.82, 2.24) is 0 Å². The molecule has 0 aromatic rings. The van der Waals surface area contributed by atoms with E-state index in [1.54, 1.807) is 0 Å². The molecule has 1 aliphatic rings. The number of unbranched alkanes of at least 4 members (excludes halogenated alkanes) is 10. The highest BCUT2D eigenvalue weighted by molar-refractivity contribution is 7.47. The van der Waals surface area contributed by atoms with Crippen molar-refractivity contribution < 1.29 is 52.5 Å². The summed E-state index contributed by atoms with van der Waals surface area (Å²) in [4.78, 5) is 35.0. The van der Waals surface area contributed by atoms with E-state index in [0.29, 0.717) is 19.3 Å². The third-order valence-corrected chi connectivity index (χ3v) is 9.60. The molecule has 11 nitrogen and oxygen atoms in total. The Morgan fingerprint density at radius 2 is 1.37 bits per heavy atom. The van der Waals surface area contributed by atoms with E-state index in [2.05, 4.69) is 61.8 Å². The van der Waals surface area contributed by atoms with Gasteiger partial charge in [-0.2, -0.15) is 0 Å². The molecule has 0 aliphatic carbocycles. The molecule has 0 spiro atoms. The molecule has 12 heteroatoms. The minimum atomic E-state index is -4.64. The zero-order valence-corrected chi connectivity index (χ0v) is 33.3. The molecule has 1 heterocycles. The zero-order valence-electron chi connectivity index (χ0n) is 32.4. The van der Waals surface area contributed by atoms with Crippen LogP contribution >= 0.6 is 7.82 Å². The molecular formula is C40H71O11P. The molecule has 0 bridgehead atoms. The largest absolute Gasteiger partial charge is 0.472 e. The maximum atomic E-state index is 12.6. The number of aliphatic hydroxyl groups is 2. The van der Waals surface area contributed by atoms with Crippen molar-refractivity contribution in [2.75, 3.05) is 26.4 Å². The molecule has 1 saturated heterocycles. The van der Waals surface area contributed by atoms with Crippen LogP contribution in [0, 0.1) is 5.92 Å². The summed E-state index contributed by atoms with van der Waals surface area (Å²) in [6.07, 6.45) is 30.1. The van der Waals surface area contributed by atoms with E-state index in [0.717, 1.165) is 50.9 Å². The lowest BCUT2D eigenvalue weighted by Gasteiger charge is -2.20. The Bertz CT molecular complexity index is 1040. The topological polar surface area (TPSA) is 161 Å². The molecule has 3 unspecified atom stereocenters. The van der Waals surface area contributed by atoms with Gasteiger partial charge in [-0.1, -0.05) is 121 Å². The second-order valence-corrected chi connectivity index (χ2v) is 15.6. The van der Waals surface area contributed by atoms with E-state index in [4.69, 9.17) is 23.8 Å². The Labute approximate surface area is 314 Å². The second-order valence-electron chi connectivity index (χ2n) is 14.2. The molecule has 1 rings (SSSR count). The van der Waals surface area contributed by atoms with Crippen LogP contribution in [0.1, 0.15) is 149 Å². The lowest BCUT2D eigenvalue weighted by atomic mass is 10.0. The first kappa shape index (κ1) is 48.2. The molecule has 0 amide bonds. The minimum Gasteiger partial charge on any atom is -0.462 e. The molecule has 52 heavy (non-hydrogen) atoms. The van der Waals surface area contributed by atoms with Crippen LogP contribution in [0.3, 0.4) is 0 Å². The Balaban J connectivity index is 2.35. The first-order chi connectivity index (χ1) is 25.1. The van der Waals surface area contributed by atoms with Crippen molar-refractivity contribution in [1.29, 1.82) is 0 Å². The summed E-state index contributed by atoms with van der Waals surface area (Å²) in [5.41, 5.74) is 0. The van der Waals surface area contributed by atoms with Crippen LogP contribution in [0.2, 0.25) is 0 Å². The van der Waals surface area contributed by atoms with Crippen LogP contribution in [0.25, 0.3) is 0 Å². The second kappa shape index (κ2) is 31.5. The number of allylic oxidation sites excluding steroid dienone is 5. The first-order valence-electron chi connectivity index (χ1n) is 19.9. The molecule has 0 aromatic heterocycles. The lowest BCUT2D eigenvalue weighted by Crippen LogP contribution is -2.30. The minimum absolute atomic E-state index is 0.0901. The third kappa shape index (κ3) is 29.6. The van der Waals surface area contributed by atoms with Crippen molar-refractivity contribution in [3.63, 3.8) is 0 Å².